The number of aryl methyl sites for hydroxylation is 1. The summed E-state index contributed by atoms with van der Waals surface area (Å²) in [6, 6.07) is 0. The van der Waals surface area contributed by atoms with Gasteiger partial charge in [0, 0.05) is 14.1 Å². The van der Waals surface area contributed by atoms with E-state index >= 15 is 0 Å². The number of hydrogen-bond acceptors (Lipinski definition) is 2. The quantitative estimate of drug-likeness (QED) is 0.508. The Morgan fingerprint density at radius 1 is 1.56 bits per heavy atom. The van der Waals surface area contributed by atoms with Crippen molar-refractivity contribution in [3.05, 3.63) is 16.7 Å². The molecular formula is C5H8N2O2. The van der Waals surface area contributed by atoms with Crippen molar-refractivity contribution < 1.29 is 5.11 Å². The van der Waals surface area contributed by atoms with Crippen LogP contribution < -0.4 is 5.69 Å². The van der Waals surface area contributed by atoms with Gasteiger partial charge < -0.3 is 5.11 Å². The van der Waals surface area contributed by atoms with Gasteiger partial charge in [-0.3, -0.25) is 9.13 Å². The summed E-state index contributed by atoms with van der Waals surface area (Å²) in [6.07, 6.45) is 1.36. The molecule has 0 aromatic carbocycles. The third-order valence-corrected chi connectivity index (χ3v) is 1.24. The van der Waals surface area contributed by atoms with Crippen LogP contribution in [0.1, 0.15) is 0 Å². The van der Waals surface area contributed by atoms with Crippen LogP contribution in [0.5, 0.6) is 5.88 Å². The van der Waals surface area contributed by atoms with Gasteiger partial charge in [0.25, 0.3) is 0 Å². The van der Waals surface area contributed by atoms with Crippen LogP contribution in [0.4, 0.5) is 0 Å². The van der Waals surface area contributed by atoms with Crippen LogP contribution in [-0.2, 0) is 14.1 Å². The van der Waals surface area contributed by atoms with Gasteiger partial charge in [0.15, 0.2) is 0 Å². The topological polar surface area (TPSA) is 47.2 Å². The summed E-state index contributed by atoms with van der Waals surface area (Å²) >= 11 is 0. The Hall–Kier alpha value is -1.19. The van der Waals surface area contributed by atoms with Crippen molar-refractivity contribution in [2.24, 2.45) is 14.1 Å². The molecule has 1 heterocycles. The van der Waals surface area contributed by atoms with Crippen molar-refractivity contribution in [2.75, 3.05) is 0 Å². The van der Waals surface area contributed by atoms with E-state index in [9.17, 15) is 4.79 Å². The maximum Gasteiger partial charge on any atom is 0.330 e. The molecule has 1 aromatic heterocycles. The smallest absolute Gasteiger partial charge is 0.330 e. The molecule has 0 saturated carbocycles. The van der Waals surface area contributed by atoms with E-state index in [4.69, 9.17) is 5.11 Å². The highest BCUT2D eigenvalue weighted by atomic mass is 16.3. The number of imidazole rings is 1. The van der Waals surface area contributed by atoms with Crippen LogP contribution in [0.15, 0.2) is 11.0 Å². The van der Waals surface area contributed by atoms with Gasteiger partial charge in [-0.2, -0.15) is 0 Å². The minimum absolute atomic E-state index is 0.0116. The van der Waals surface area contributed by atoms with Crippen LogP contribution in [0.25, 0.3) is 0 Å². The van der Waals surface area contributed by atoms with Crippen molar-refractivity contribution in [1.82, 2.24) is 9.13 Å². The van der Waals surface area contributed by atoms with E-state index in [0.29, 0.717) is 0 Å². The Bertz CT molecular complexity index is 271. The SMILES string of the molecule is Cn1cc(O)n(C)c1=O. The van der Waals surface area contributed by atoms with Crippen molar-refractivity contribution in [3.63, 3.8) is 0 Å². The van der Waals surface area contributed by atoms with E-state index in [1.54, 1.807) is 7.05 Å². The summed E-state index contributed by atoms with van der Waals surface area (Å²) in [5.41, 5.74) is -0.215. The zero-order chi connectivity index (χ0) is 7.02. The fraction of sp³-hybridized carbons (Fsp3) is 0.400. The highest BCUT2D eigenvalue weighted by molar-refractivity contribution is 5.03. The van der Waals surface area contributed by atoms with Gasteiger partial charge in [-0.05, 0) is 0 Å². The van der Waals surface area contributed by atoms with E-state index in [1.807, 2.05) is 0 Å². The van der Waals surface area contributed by atoms with Crippen molar-refractivity contribution in [2.45, 2.75) is 0 Å². The first-order chi connectivity index (χ1) is 4.13. The molecule has 1 rings (SSSR count). The lowest BCUT2D eigenvalue weighted by atomic mass is 10.8. The molecule has 0 fully saturated rings. The van der Waals surface area contributed by atoms with Crippen molar-refractivity contribution in [1.29, 1.82) is 0 Å². The Kier molecular flexibility index (Phi) is 1.09. The lowest BCUT2D eigenvalue weighted by molar-refractivity contribution is 0.429. The normalized spacial score (nSPS) is 10.0. The second-order valence-electron chi connectivity index (χ2n) is 1.94. The summed E-state index contributed by atoms with van der Waals surface area (Å²) in [5, 5.41) is 8.86. The maximum atomic E-state index is 10.8. The van der Waals surface area contributed by atoms with Crippen LogP contribution >= 0.6 is 0 Å². The molecule has 0 spiro atoms. The predicted molar refractivity (Wildman–Crippen MR) is 32.3 cm³/mol. The van der Waals surface area contributed by atoms with E-state index in [2.05, 4.69) is 0 Å². The number of hydrogen-bond donors (Lipinski definition) is 1. The second kappa shape index (κ2) is 1.65. The number of nitrogens with zero attached hydrogens (tertiary/aromatic N) is 2. The zero-order valence-corrected chi connectivity index (χ0v) is 5.33. The van der Waals surface area contributed by atoms with Crippen molar-refractivity contribution >= 4 is 0 Å². The van der Waals surface area contributed by atoms with Gasteiger partial charge >= 0.3 is 5.69 Å². The third-order valence-electron chi connectivity index (χ3n) is 1.24. The zero-order valence-electron chi connectivity index (χ0n) is 5.33. The minimum atomic E-state index is -0.215. The first-order valence-electron chi connectivity index (χ1n) is 2.54. The Labute approximate surface area is 52.0 Å². The highest BCUT2D eigenvalue weighted by Gasteiger charge is 2.00. The molecule has 1 N–H and O–H groups in total. The first-order valence-corrected chi connectivity index (χ1v) is 2.54. The van der Waals surface area contributed by atoms with E-state index in [-0.39, 0.29) is 11.6 Å². The summed E-state index contributed by atoms with van der Waals surface area (Å²) in [7, 11) is 3.10. The Balaban J connectivity index is 3.48. The molecule has 0 bridgehead atoms. The van der Waals surface area contributed by atoms with E-state index in [0.717, 1.165) is 0 Å². The van der Waals surface area contributed by atoms with Crippen molar-refractivity contribution in [3.8, 4) is 5.88 Å². The van der Waals surface area contributed by atoms with Crippen LogP contribution in [-0.4, -0.2) is 14.2 Å². The molecule has 0 radical (unpaired) electrons. The van der Waals surface area contributed by atoms with Gasteiger partial charge in [-0.25, -0.2) is 4.79 Å². The first kappa shape index (κ1) is 5.94. The maximum absolute atomic E-state index is 10.8. The van der Waals surface area contributed by atoms with E-state index in [1.165, 1.54) is 22.4 Å². The minimum Gasteiger partial charge on any atom is -0.493 e. The fourth-order valence-electron chi connectivity index (χ4n) is 0.650. The number of rotatable bonds is 0. The average molecular weight is 128 g/mol. The molecule has 0 amide bonds. The molecule has 4 heteroatoms. The fourth-order valence-corrected chi connectivity index (χ4v) is 0.650. The highest BCUT2D eigenvalue weighted by Crippen LogP contribution is 1.99. The predicted octanol–water partition coefficient (Wildman–Crippen LogP) is -0.571. The van der Waals surface area contributed by atoms with Crippen LogP contribution in [0.3, 0.4) is 0 Å². The lowest BCUT2D eigenvalue weighted by Crippen LogP contribution is -2.18. The van der Waals surface area contributed by atoms with Crippen LogP contribution in [0, 0.1) is 0 Å². The summed E-state index contributed by atoms with van der Waals surface area (Å²) in [4.78, 5) is 10.8. The van der Waals surface area contributed by atoms with E-state index < -0.39 is 0 Å². The Morgan fingerprint density at radius 3 is 2.22 bits per heavy atom. The Morgan fingerprint density at radius 2 is 2.11 bits per heavy atom. The molecule has 0 saturated heterocycles. The van der Waals surface area contributed by atoms with Gasteiger partial charge in [0.05, 0.1) is 6.20 Å². The molecular weight excluding hydrogens is 120 g/mol. The molecule has 4 nitrogen and oxygen atoms in total. The van der Waals surface area contributed by atoms with Gasteiger partial charge in [0.1, 0.15) is 0 Å². The third kappa shape index (κ3) is 0.718. The van der Waals surface area contributed by atoms with Gasteiger partial charge in [0.2, 0.25) is 5.88 Å². The molecule has 0 aliphatic rings. The molecule has 0 unspecified atom stereocenters. The summed E-state index contributed by atoms with van der Waals surface area (Å²) in [5.74, 6) is -0.0116. The summed E-state index contributed by atoms with van der Waals surface area (Å²) < 4.78 is 2.48. The van der Waals surface area contributed by atoms with Gasteiger partial charge in [-0.1, -0.05) is 0 Å². The second-order valence-corrected chi connectivity index (χ2v) is 1.94. The molecule has 0 aliphatic carbocycles. The number of aromatic nitrogens is 2. The van der Waals surface area contributed by atoms with Gasteiger partial charge in [-0.15, -0.1) is 0 Å². The summed E-state index contributed by atoms with van der Waals surface area (Å²) in [6.45, 7) is 0. The number of aromatic hydroxyl groups is 1. The molecule has 1 aromatic rings. The standard InChI is InChI=1S/C5H8N2O2/c1-6-3-4(8)7(2)5(6)9/h3,8H,1-2H3. The monoisotopic (exact) mass is 128 g/mol. The average Bonchev–Trinajstić information content (AvgIpc) is 1.98. The van der Waals surface area contributed by atoms with Crippen LogP contribution in [0.2, 0.25) is 0 Å². The molecule has 0 aliphatic heterocycles. The molecule has 0 atom stereocenters. The largest absolute Gasteiger partial charge is 0.493 e. The lowest BCUT2D eigenvalue weighted by Gasteiger charge is -1.85. The molecule has 50 valence electrons. The molecule has 9 heavy (non-hydrogen) atoms.